The van der Waals surface area contributed by atoms with E-state index in [0.29, 0.717) is 6.61 Å². The molecular weight excluding hydrogens is 492 g/mol. The van der Waals surface area contributed by atoms with Crippen LogP contribution in [0, 0.1) is 0 Å². The van der Waals surface area contributed by atoms with Crippen LogP contribution in [0.1, 0.15) is 47.7 Å². The second-order valence-corrected chi connectivity index (χ2v) is 10.8. The molecule has 0 amide bonds. The van der Waals surface area contributed by atoms with Crippen molar-refractivity contribution in [2.24, 2.45) is 0 Å². The van der Waals surface area contributed by atoms with E-state index in [1.165, 1.54) is 27.1 Å². The monoisotopic (exact) mass is 522 g/mol. The van der Waals surface area contributed by atoms with Crippen molar-refractivity contribution in [3.05, 3.63) is 101 Å². The van der Waals surface area contributed by atoms with E-state index in [1.807, 2.05) is 30.3 Å². The second kappa shape index (κ2) is 10.5. The first-order valence-corrected chi connectivity index (χ1v) is 14.3. The van der Waals surface area contributed by atoms with Gasteiger partial charge in [-0.1, -0.05) is 36.4 Å². The molecule has 1 unspecified atom stereocenters. The van der Waals surface area contributed by atoms with Crippen LogP contribution in [-0.4, -0.2) is 26.9 Å². The molecule has 5 nitrogen and oxygen atoms in total. The van der Waals surface area contributed by atoms with E-state index < -0.39 is 5.97 Å². The van der Waals surface area contributed by atoms with Crippen molar-refractivity contribution >= 4 is 39.5 Å². The summed E-state index contributed by atoms with van der Waals surface area (Å²) in [6, 6.07) is 27.1. The van der Waals surface area contributed by atoms with Gasteiger partial charge in [0.15, 0.2) is 0 Å². The second-order valence-electron chi connectivity index (χ2n) is 9.95. The number of carbonyl (C=O) groups is 1. The molecule has 6 heteroatoms. The third-order valence-electron chi connectivity index (χ3n) is 7.51. The third-order valence-corrected chi connectivity index (χ3v) is 8.26. The third kappa shape index (κ3) is 4.88. The SMILES string of the molecule is CSc1ccc(Cn2c3c(c4cc(OCc5ccc6ccccc6n5)ccc42)CCCC3CC(=O)O)cc1. The average Bonchev–Trinajstić information content (AvgIpc) is 3.25. The van der Waals surface area contributed by atoms with Crippen LogP contribution in [0.5, 0.6) is 5.75 Å². The predicted molar refractivity (Wildman–Crippen MR) is 153 cm³/mol. The summed E-state index contributed by atoms with van der Waals surface area (Å²) in [6.45, 7) is 1.11. The summed E-state index contributed by atoms with van der Waals surface area (Å²) < 4.78 is 8.56. The largest absolute Gasteiger partial charge is 0.487 e. The van der Waals surface area contributed by atoms with Crippen molar-refractivity contribution in [3.63, 3.8) is 0 Å². The summed E-state index contributed by atoms with van der Waals surface area (Å²) in [6.07, 6.45) is 5.09. The van der Waals surface area contributed by atoms with Gasteiger partial charge in [0.1, 0.15) is 12.4 Å². The highest BCUT2D eigenvalue weighted by Crippen LogP contribution is 2.41. The molecule has 1 aliphatic rings. The Hall–Kier alpha value is -3.77. The maximum Gasteiger partial charge on any atom is 0.304 e. The molecule has 38 heavy (non-hydrogen) atoms. The summed E-state index contributed by atoms with van der Waals surface area (Å²) in [5.41, 5.74) is 6.65. The Morgan fingerprint density at radius 2 is 1.92 bits per heavy atom. The highest BCUT2D eigenvalue weighted by atomic mass is 32.2. The molecule has 1 atom stereocenters. The molecule has 0 bridgehead atoms. The Bertz CT molecular complexity index is 1620. The molecule has 0 saturated carbocycles. The molecular formula is C32H30N2O3S. The lowest BCUT2D eigenvalue weighted by Crippen LogP contribution is -2.17. The number of pyridine rings is 1. The highest BCUT2D eigenvalue weighted by molar-refractivity contribution is 7.98. The first-order chi connectivity index (χ1) is 18.6. The predicted octanol–water partition coefficient (Wildman–Crippen LogP) is 7.43. The van der Waals surface area contributed by atoms with Gasteiger partial charge in [-0.3, -0.25) is 4.79 Å². The van der Waals surface area contributed by atoms with E-state index in [-0.39, 0.29) is 12.3 Å². The van der Waals surface area contributed by atoms with Crippen molar-refractivity contribution in [1.82, 2.24) is 9.55 Å². The minimum absolute atomic E-state index is 0.0142. The molecule has 2 heterocycles. The number of benzene rings is 3. The number of para-hydroxylation sites is 1. The molecule has 1 N–H and O–H groups in total. The zero-order valence-corrected chi connectivity index (χ0v) is 22.2. The summed E-state index contributed by atoms with van der Waals surface area (Å²) in [4.78, 5) is 17.7. The number of carboxylic acids is 1. The van der Waals surface area contributed by atoms with Crippen LogP contribution < -0.4 is 4.74 Å². The van der Waals surface area contributed by atoms with E-state index in [0.717, 1.165) is 53.7 Å². The first-order valence-electron chi connectivity index (χ1n) is 13.1. The summed E-state index contributed by atoms with van der Waals surface area (Å²) in [5, 5.41) is 11.9. The Morgan fingerprint density at radius 1 is 1.08 bits per heavy atom. The Balaban J connectivity index is 1.35. The standard InChI is InChI=1S/C32H30N2O3S/c1-38-26-14-9-21(10-15-26)19-34-30-16-13-25(37-20-24-12-11-22-5-2-3-8-29(22)33-24)18-28(30)27-7-4-6-23(32(27)34)17-31(35)36/h2-3,5,8-16,18,23H,4,6-7,17,19-20H2,1H3,(H,35,36). The Kier molecular flexibility index (Phi) is 6.81. The first kappa shape index (κ1) is 24.6. The van der Waals surface area contributed by atoms with E-state index in [9.17, 15) is 9.90 Å². The number of hydrogen-bond donors (Lipinski definition) is 1. The van der Waals surface area contributed by atoms with Gasteiger partial charge >= 0.3 is 5.97 Å². The molecule has 0 spiro atoms. The normalized spacial score (nSPS) is 15.0. The number of fused-ring (bicyclic) bond motifs is 4. The quantitative estimate of drug-likeness (QED) is 0.215. The number of ether oxygens (including phenoxy) is 1. The summed E-state index contributed by atoms with van der Waals surface area (Å²) in [7, 11) is 0. The number of aromatic nitrogens is 2. The van der Waals surface area contributed by atoms with Crippen molar-refractivity contribution in [2.75, 3.05) is 6.26 Å². The Labute approximate surface area is 226 Å². The van der Waals surface area contributed by atoms with Crippen LogP contribution >= 0.6 is 11.8 Å². The van der Waals surface area contributed by atoms with Gasteiger partial charge in [0.2, 0.25) is 0 Å². The van der Waals surface area contributed by atoms with Crippen molar-refractivity contribution in [3.8, 4) is 5.75 Å². The fraction of sp³-hybridized carbons (Fsp3) is 0.250. The fourth-order valence-corrected chi connectivity index (χ4v) is 6.15. The summed E-state index contributed by atoms with van der Waals surface area (Å²) >= 11 is 1.73. The van der Waals surface area contributed by atoms with Crippen molar-refractivity contribution < 1.29 is 14.6 Å². The zero-order valence-electron chi connectivity index (χ0n) is 21.4. The van der Waals surface area contributed by atoms with Crippen LogP contribution in [-0.2, 0) is 24.4 Å². The van der Waals surface area contributed by atoms with Crippen LogP contribution in [0.4, 0.5) is 0 Å². The van der Waals surface area contributed by atoms with Gasteiger partial charge in [0.05, 0.1) is 17.6 Å². The minimum Gasteiger partial charge on any atom is -0.487 e. The zero-order chi connectivity index (χ0) is 26.1. The van der Waals surface area contributed by atoms with Crippen LogP contribution in [0.2, 0.25) is 0 Å². The molecule has 5 aromatic rings. The number of nitrogens with zero attached hydrogens (tertiary/aromatic N) is 2. The molecule has 0 aliphatic heterocycles. The van der Waals surface area contributed by atoms with E-state index in [2.05, 4.69) is 59.4 Å². The van der Waals surface area contributed by atoms with Gasteiger partial charge in [-0.2, -0.15) is 0 Å². The molecule has 1 aliphatic carbocycles. The van der Waals surface area contributed by atoms with Gasteiger partial charge in [-0.05, 0) is 79.1 Å². The molecule has 3 aromatic carbocycles. The Morgan fingerprint density at radius 3 is 2.74 bits per heavy atom. The van der Waals surface area contributed by atoms with E-state index in [1.54, 1.807) is 11.8 Å². The number of carboxylic acid groups (broad SMARTS) is 1. The topological polar surface area (TPSA) is 64.4 Å². The highest BCUT2D eigenvalue weighted by Gasteiger charge is 2.29. The smallest absolute Gasteiger partial charge is 0.304 e. The maximum atomic E-state index is 11.8. The number of hydrogen-bond acceptors (Lipinski definition) is 4. The minimum atomic E-state index is -0.740. The van der Waals surface area contributed by atoms with Crippen LogP contribution in [0.15, 0.2) is 83.8 Å². The van der Waals surface area contributed by atoms with Gasteiger partial charge in [0, 0.05) is 39.3 Å². The molecule has 0 fully saturated rings. The van der Waals surface area contributed by atoms with Crippen molar-refractivity contribution in [1.29, 1.82) is 0 Å². The molecule has 2 aromatic heterocycles. The van der Waals surface area contributed by atoms with Gasteiger partial charge in [-0.15, -0.1) is 11.8 Å². The number of rotatable bonds is 8. The lowest BCUT2D eigenvalue weighted by atomic mass is 9.84. The van der Waals surface area contributed by atoms with Gasteiger partial charge in [0.25, 0.3) is 0 Å². The molecule has 192 valence electrons. The maximum absolute atomic E-state index is 11.8. The lowest BCUT2D eigenvalue weighted by molar-refractivity contribution is -0.137. The molecule has 0 radical (unpaired) electrons. The average molecular weight is 523 g/mol. The lowest BCUT2D eigenvalue weighted by Gasteiger charge is -2.24. The van der Waals surface area contributed by atoms with E-state index in [4.69, 9.17) is 9.72 Å². The van der Waals surface area contributed by atoms with Gasteiger partial charge in [-0.25, -0.2) is 4.98 Å². The van der Waals surface area contributed by atoms with Crippen molar-refractivity contribution in [2.45, 2.75) is 49.6 Å². The molecule has 0 saturated heterocycles. The summed E-state index contributed by atoms with van der Waals surface area (Å²) in [5.74, 6) is 0.0771. The fourth-order valence-electron chi connectivity index (χ4n) is 5.74. The van der Waals surface area contributed by atoms with Crippen LogP contribution in [0.3, 0.4) is 0 Å². The molecule has 6 rings (SSSR count). The van der Waals surface area contributed by atoms with Crippen LogP contribution in [0.25, 0.3) is 21.8 Å². The number of aryl methyl sites for hydroxylation is 1. The van der Waals surface area contributed by atoms with Gasteiger partial charge < -0.3 is 14.4 Å². The number of aliphatic carboxylic acids is 1. The number of thioether (sulfide) groups is 1. The van der Waals surface area contributed by atoms with E-state index >= 15 is 0 Å².